The molecule has 1 aromatic rings. The normalized spacial score (nSPS) is 10.0. The molecule has 116 valence electrons. The van der Waals surface area contributed by atoms with Crippen LogP contribution in [0, 0.1) is 0 Å². The Labute approximate surface area is 127 Å². The fraction of sp³-hybridized carbons (Fsp3) is 0.500. The van der Waals surface area contributed by atoms with Crippen molar-refractivity contribution in [3.8, 4) is 0 Å². The van der Waals surface area contributed by atoms with Crippen molar-refractivity contribution in [2.24, 2.45) is 0 Å². The third-order valence-corrected chi connectivity index (χ3v) is 3.48. The standard InChI is InChI=1S/C14H18O6S/c1-4-18-11(15)7-9-10(13(16)19-5-2)8-21-12(9)14(17)20-6-3/h8H,4-7H2,1-3H3. The van der Waals surface area contributed by atoms with Gasteiger partial charge in [-0.05, 0) is 20.8 Å². The third-order valence-electron chi connectivity index (χ3n) is 2.48. The summed E-state index contributed by atoms with van der Waals surface area (Å²) >= 11 is 1.06. The van der Waals surface area contributed by atoms with Crippen molar-refractivity contribution in [2.75, 3.05) is 19.8 Å². The van der Waals surface area contributed by atoms with Gasteiger partial charge in [0.2, 0.25) is 0 Å². The van der Waals surface area contributed by atoms with Crippen LogP contribution in [0.1, 0.15) is 46.4 Å². The molecule has 6 nitrogen and oxygen atoms in total. The van der Waals surface area contributed by atoms with E-state index < -0.39 is 17.9 Å². The summed E-state index contributed by atoms with van der Waals surface area (Å²) in [7, 11) is 0. The number of carbonyl (C=O) groups is 3. The van der Waals surface area contributed by atoms with Gasteiger partial charge in [-0.25, -0.2) is 9.59 Å². The summed E-state index contributed by atoms with van der Waals surface area (Å²) in [5.74, 6) is -1.63. The molecular formula is C14H18O6S. The molecule has 1 aromatic heterocycles. The molecule has 1 heterocycles. The number of hydrogen-bond acceptors (Lipinski definition) is 7. The van der Waals surface area contributed by atoms with Gasteiger partial charge in [0.05, 0.1) is 31.8 Å². The van der Waals surface area contributed by atoms with E-state index in [9.17, 15) is 14.4 Å². The second kappa shape index (κ2) is 8.41. The molecule has 0 atom stereocenters. The summed E-state index contributed by atoms with van der Waals surface area (Å²) in [6, 6.07) is 0. The first-order valence-electron chi connectivity index (χ1n) is 6.65. The van der Waals surface area contributed by atoms with E-state index in [1.807, 2.05) is 0 Å². The first kappa shape index (κ1) is 17.2. The Morgan fingerprint density at radius 1 is 0.952 bits per heavy atom. The maximum atomic E-state index is 11.9. The molecule has 0 saturated heterocycles. The molecule has 0 saturated carbocycles. The lowest BCUT2D eigenvalue weighted by molar-refractivity contribution is -0.142. The van der Waals surface area contributed by atoms with Gasteiger partial charge in [0.25, 0.3) is 0 Å². The second-order valence-electron chi connectivity index (χ2n) is 3.88. The van der Waals surface area contributed by atoms with Crippen LogP contribution in [0.4, 0.5) is 0 Å². The lowest BCUT2D eigenvalue weighted by Gasteiger charge is -2.07. The Morgan fingerprint density at radius 3 is 2.10 bits per heavy atom. The minimum Gasteiger partial charge on any atom is -0.466 e. The van der Waals surface area contributed by atoms with Crippen molar-refractivity contribution >= 4 is 29.2 Å². The van der Waals surface area contributed by atoms with E-state index in [2.05, 4.69) is 0 Å². The molecule has 0 aliphatic rings. The monoisotopic (exact) mass is 314 g/mol. The summed E-state index contributed by atoms with van der Waals surface area (Å²) in [6.07, 6.45) is -0.167. The molecule has 0 fully saturated rings. The molecule has 1 rings (SSSR count). The van der Waals surface area contributed by atoms with Gasteiger partial charge in [0, 0.05) is 10.9 Å². The summed E-state index contributed by atoms with van der Waals surface area (Å²) in [5, 5.41) is 1.50. The molecule has 0 spiro atoms. The number of rotatable bonds is 7. The highest BCUT2D eigenvalue weighted by Gasteiger charge is 2.25. The van der Waals surface area contributed by atoms with Crippen molar-refractivity contribution in [1.82, 2.24) is 0 Å². The quantitative estimate of drug-likeness (QED) is 0.567. The molecule has 0 radical (unpaired) electrons. The fourth-order valence-corrected chi connectivity index (χ4v) is 2.62. The molecule has 0 N–H and O–H groups in total. The van der Waals surface area contributed by atoms with Crippen LogP contribution in [0.25, 0.3) is 0 Å². The maximum Gasteiger partial charge on any atom is 0.348 e. The maximum absolute atomic E-state index is 11.9. The van der Waals surface area contributed by atoms with Gasteiger partial charge in [0.15, 0.2) is 0 Å². The Bertz CT molecular complexity index is 484. The predicted octanol–water partition coefficient (Wildman–Crippen LogP) is 2.21. The lowest BCUT2D eigenvalue weighted by Crippen LogP contribution is -2.15. The average Bonchev–Trinajstić information content (AvgIpc) is 2.83. The number of carbonyl (C=O) groups excluding carboxylic acids is 3. The highest BCUT2D eigenvalue weighted by Crippen LogP contribution is 2.25. The van der Waals surface area contributed by atoms with Crippen LogP contribution in [-0.4, -0.2) is 37.7 Å². The van der Waals surface area contributed by atoms with E-state index in [0.29, 0.717) is 5.56 Å². The molecule has 0 bridgehead atoms. The number of ether oxygens (including phenoxy) is 3. The smallest absolute Gasteiger partial charge is 0.348 e. The van der Waals surface area contributed by atoms with Crippen molar-refractivity contribution in [2.45, 2.75) is 27.2 Å². The van der Waals surface area contributed by atoms with Crippen LogP contribution < -0.4 is 0 Å². The zero-order valence-electron chi connectivity index (χ0n) is 12.3. The van der Waals surface area contributed by atoms with E-state index in [1.54, 1.807) is 20.8 Å². The summed E-state index contributed by atoms with van der Waals surface area (Å²) in [4.78, 5) is 35.6. The number of esters is 3. The minimum absolute atomic E-state index is 0.167. The highest BCUT2D eigenvalue weighted by molar-refractivity contribution is 7.12. The van der Waals surface area contributed by atoms with Crippen molar-refractivity contribution in [3.05, 3.63) is 21.4 Å². The molecular weight excluding hydrogens is 296 g/mol. The van der Waals surface area contributed by atoms with Gasteiger partial charge >= 0.3 is 17.9 Å². The summed E-state index contributed by atoms with van der Waals surface area (Å²) in [5.41, 5.74) is 0.508. The van der Waals surface area contributed by atoms with Gasteiger partial charge < -0.3 is 14.2 Å². The van der Waals surface area contributed by atoms with E-state index in [-0.39, 0.29) is 36.7 Å². The van der Waals surface area contributed by atoms with Crippen molar-refractivity contribution in [3.63, 3.8) is 0 Å². The summed E-state index contributed by atoms with van der Waals surface area (Å²) < 4.78 is 14.7. The Kier molecular flexibility index (Phi) is 6.87. The lowest BCUT2D eigenvalue weighted by atomic mass is 10.1. The topological polar surface area (TPSA) is 78.9 Å². The van der Waals surface area contributed by atoms with Crippen LogP contribution in [0.5, 0.6) is 0 Å². The largest absolute Gasteiger partial charge is 0.466 e. The van der Waals surface area contributed by atoms with E-state index in [4.69, 9.17) is 14.2 Å². The van der Waals surface area contributed by atoms with E-state index >= 15 is 0 Å². The number of thiophene rings is 1. The van der Waals surface area contributed by atoms with Gasteiger partial charge in [-0.3, -0.25) is 4.79 Å². The summed E-state index contributed by atoms with van der Waals surface area (Å²) in [6.45, 7) is 5.70. The first-order valence-corrected chi connectivity index (χ1v) is 7.53. The van der Waals surface area contributed by atoms with E-state index in [0.717, 1.165) is 11.3 Å². The fourth-order valence-electron chi connectivity index (χ4n) is 1.66. The predicted molar refractivity (Wildman–Crippen MR) is 76.6 cm³/mol. The van der Waals surface area contributed by atoms with Crippen LogP contribution in [0.2, 0.25) is 0 Å². The Morgan fingerprint density at radius 2 is 1.52 bits per heavy atom. The molecule has 0 unspecified atom stereocenters. The zero-order chi connectivity index (χ0) is 15.8. The SMILES string of the molecule is CCOC(=O)Cc1c(C(=O)OCC)csc1C(=O)OCC. The molecule has 0 aliphatic carbocycles. The van der Waals surface area contributed by atoms with Crippen LogP contribution in [-0.2, 0) is 25.4 Å². The van der Waals surface area contributed by atoms with Crippen LogP contribution in [0.15, 0.2) is 5.38 Å². The minimum atomic E-state index is -0.566. The van der Waals surface area contributed by atoms with Crippen LogP contribution in [0.3, 0.4) is 0 Å². The molecule has 21 heavy (non-hydrogen) atoms. The highest BCUT2D eigenvalue weighted by atomic mass is 32.1. The second-order valence-corrected chi connectivity index (χ2v) is 4.76. The van der Waals surface area contributed by atoms with Gasteiger partial charge in [-0.2, -0.15) is 0 Å². The molecule has 7 heteroatoms. The zero-order valence-corrected chi connectivity index (χ0v) is 13.1. The average molecular weight is 314 g/mol. The number of hydrogen-bond donors (Lipinski definition) is 0. The Hall–Kier alpha value is -1.89. The van der Waals surface area contributed by atoms with Crippen molar-refractivity contribution in [1.29, 1.82) is 0 Å². The third kappa shape index (κ3) is 4.56. The van der Waals surface area contributed by atoms with Gasteiger partial charge in [-0.1, -0.05) is 0 Å². The van der Waals surface area contributed by atoms with Gasteiger partial charge in [0.1, 0.15) is 4.88 Å². The first-order chi connectivity index (χ1) is 10.0. The van der Waals surface area contributed by atoms with E-state index in [1.165, 1.54) is 5.38 Å². The van der Waals surface area contributed by atoms with Crippen molar-refractivity contribution < 1.29 is 28.6 Å². The van der Waals surface area contributed by atoms with Gasteiger partial charge in [-0.15, -0.1) is 11.3 Å². The molecule has 0 amide bonds. The molecule has 0 aliphatic heterocycles. The Balaban J connectivity index is 3.11. The van der Waals surface area contributed by atoms with Crippen LogP contribution >= 0.6 is 11.3 Å². The molecule has 0 aromatic carbocycles.